The van der Waals surface area contributed by atoms with Crippen molar-refractivity contribution in [3.8, 4) is 0 Å². The molecule has 0 amide bonds. The molecule has 2 unspecified atom stereocenters. The van der Waals surface area contributed by atoms with Crippen LogP contribution in [0.25, 0.3) is 0 Å². The maximum atomic E-state index is 5.85. The second-order valence-corrected chi connectivity index (χ2v) is 2.84. The zero-order valence-corrected chi connectivity index (χ0v) is 6.56. The lowest BCUT2D eigenvalue weighted by Crippen LogP contribution is -2.56. The fraction of sp³-hybridized carbons (Fsp3) is 1.00. The molecular formula is C7H17N3. The Morgan fingerprint density at radius 3 is 2.90 bits per heavy atom. The molecule has 0 aliphatic carbocycles. The van der Waals surface area contributed by atoms with Gasteiger partial charge in [0.1, 0.15) is 0 Å². The van der Waals surface area contributed by atoms with Crippen molar-refractivity contribution in [3.63, 3.8) is 0 Å². The van der Waals surface area contributed by atoms with Crippen LogP contribution in [0.1, 0.15) is 13.3 Å². The van der Waals surface area contributed by atoms with Gasteiger partial charge in [0, 0.05) is 31.7 Å². The SMILES string of the molecule is CCC(N)C1CNCCN1. The average Bonchev–Trinajstić information content (AvgIpc) is 2.05. The molecule has 0 radical (unpaired) electrons. The fourth-order valence-corrected chi connectivity index (χ4v) is 1.26. The van der Waals surface area contributed by atoms with Crippen LogP contribution >= 0.6 is 0 Å². The van der Waals surface area contributed by atoms with Gasteiger partial charge in [-0.15, -0.1) is 0 Å². The van der Waals surface area contributed by atoms with E-state index < -0.39 is 0 Å². The number of hydrogen-bond acceptors (Lipinski definition) is 3. The maximum Gasteiger partial charge on any atom is 0.0344 e. The van der Waals surface area contributed by atoms with Crippen LogP contribution in [0.3, 0.4) is 0 Å². The molecule has 1 aliphatic heterocycles. The van der Waals surface area contributed by atoms with Crippen LogP contribution in [0.15, 0.2) is 0 Å². The van der Waals surface area contributed by atoms with Gasteiger partial charge in [-0.2, -0.15) is 0 Å². The number of nitrogens with two attached hydrogens (primary N) is 1. The Bertz CT molecular complexity index is 88.9. The van der Waals surface area contributed by atoms with Crippen LogP contribution in [0.4, 0.5) is 0 Å². The monoisotopic (exact) mass is 143 g/mol. The zero-order valence-electron chi connectivity index (χ0n) is 6.56. The molecule has 1 aliphatic rings. The predicted molar refractivity (Wildman–Crippen MR) is 42.9 cm³/mol. The standard InChI is InChI=1S/C7H17N3/c1-2-6(8)7-5-9-3-4-10-7/h6-7,9-10H,2-5,8H2,1H3. The van der Waals surface area contributed by atoms with E-state index >= 15 is 0 Å². The lowest BCUT2D eigenvalue weighted by molar-refractivity contribution is 0.360. The van der Waals surface area contributed by atoms with E-state index in [2.05, 4.69) is 17.6 Å². The fourth-order valence-electron chi connectivity index (χ4n) is 1.26. The van der Waals surface area contributed by atoms with Crippen molar-refractivity contribution in [1.82, 2.24) is 10.6 Å². The summed E-state index contributed by atoms with van der Waals surface area (Å²) in [4.78, 5) is 0. The first-order chi connectivity index (χ1) is 4.84. The summed E-state index contributed by atoms with van der Waals surface area (Å²) in [7, 11) is 0. The van der Waals surface area contributed by atoms with E-state index in [1.807, 2.05) is 0 Å². The van der Waals surface area contributed by atoms with E-state index in [1.54, 1.807) is 0 Å². The molecule has 0 aromatic heterocycles. The van der Waals surface area contributed by atoms with E-state index in [4.69, 9.17) is 5.73 Å². The van der Waals surface area contributed by atoms with Crippen LogP contribution in [-0.2, 0) is 0 Å². The number of rotatable bonds is 2. The molecule has 1 fully saturated rings. The summed E-state index contributed by atoms with van der Waals surface area (Å²) in [6.07, 6.45) is 1.05. The Morgan fingerprint density at radius 1 is 1.60 bits per heavy atom. The molecule has 60 valence electrons. The number of nitrogens with one attached hydrogen (secondary N) is 2. The minimum Gasteiger partial charge on any atom is -0.326 e. The topological polar surface area (TPSA) is 50.1 Å². The summed E-state index contributed by atoms with van der Waals surface area (Å²) in [5, 5.41) is 6.69. The van der Waals surface area contributed by atoms with Gasteiger partial charge < -0.3 is 16.4 Å². The molecule has 0 aromatic rings. The van der Waals surface area contributed by atoms with E-state index in [0.29, 0.717) is 12.1 Å². The Kier molecular flexibility index (Phi) is 3.12. The molecule has 1 saturated heterocycles. The Hall–Kier alpha value is -0.120. The van der Waals surface area contributed by atoms with Gasteiger partial charge in [0.25, 0.3) is 0 Å². The first kappa shape index (κ1) is 7.98. The van der Waals surface area contributed by atoms with Crippen molar-refractivity contribution >= 4 is 0 Å². The Balaban J connectivity index is 2.24. The minimum absolute atomic E-state index is 0.313. The molecule has 0 spiro atoms. The summed E-state index contributed by atoms with van der Waals surface area (Å²) >= 11 is 0. The minimum atomic E-state index is 0.313. The molecule has 0 bridgehead atoms. The third-order valence-corrected chi connectivity index (χ3v) is 2.06. The van der Waals surface area contributed by atoms with Crippen molar-refractivity contribution < 1.29 is 0 Å². The molecule has 4 N–H and O–H groups in total. The number of piperazine rings is 1. The molecule has 2 atom stereocenters. The molecule has 1 rings (SSSR count). The van der Waals surface area contributed by atoms with Crippen LogP contribution in [0, 0.1) is 0 Å². The average molecular weight is 143 g/mol. The molecule has 0 saturated carbocycles. The smallest absolute Gasteiger partial charge is 0.0344 e. The zero-order chi connectivity index (χ0) is 7.40. The summed E-state index contributed by atoms with van der Waals surface area (Å²) in [5.74, 6) is 0. The van der Waals surface area contributed by atoms with Gasteiger partial charge >= 0.3 is 0 Å². The second kappa shape index (κ2) is 3.91. The highest BCUT2D eigenvalue weighted by atomic mass is 15.1. The Morgan fingerprint density at radius 2 is 2.40 bits per heavy atom. The summed E-state index contributed by atoms with van der Waals surface area (Å²) in [6, 6.07) is 0.798. The van der Waals surface area contributed by atoms with Crippen LogP contribution in [-0.4, -0.2) is 31.7 Å². The molecule has 1 heterocycles. The third kappa shape index (κ3) is 1.94. The Labute approximate surface area is 62.4 Å². The van der Waals surface area contributed by atoms with Gasteiger partial charge in [-0.1, -0.05) is 6.92 Å². The van der Waals surface area contributed by atoms with Gasteiger partial charge in [0.05, 0.1) is 0 Å². The molecule has 3 heteroatoms. The van der Waals surface area contributed by atoms with Gasteiger partial charge in [0.2, 0.25) is 0 Å². The van der Waals surface area contributed by atoms with Crippen molar-refractivity contribution in [2.24, 2.45) is 5.73 Å². The molecular weight excluding hydrogens is 126 g/mol. The normalized spacial score (nSPS) is 30.0. The number of hydrogen-bond donors (Lipinski definition) is 3. The van der Waals surface area contributed by atoms with Crippen molar-refractivity contribution in [3.05, 3.63) is 0 Å². The summed E-state index contributed by atoms with van der Waals surface area (Å²) < 4.78 is 0. The van der Waals surface area contributed by atoms with Gasteiger partial charge in [-0.3, -0.25) is 0 Å². The molecule has 10 heavy (non-hydrogen) atoms. The van der Waals surface area contributed by atoms with E-state index in [1.165, 1.54) is 0 Å². The largest absolute Gasteiger partial charge is 0.326 e. The van der Waals surface area contributed by atoms with E-state index in [9.17, 15) is 0 Å². The van der Waals surface area contributed by atoms with Crippen molar-refractivity contribution in [2.75, 3.05) is 19.6 Å². The lowest BCUT2D eigenvalue weighted by atomic mass is 10.1. The first-order valence-corrected chi connectivity index (χ1v) is 4.04. The molecule has 3 nitrogen and oxygen atoms in total. The second-order valence-electron chi connectivity index (χ2n) is 2.84. The molecule has 0 aromatic carbocycles. The van der Waals surface area contributed by atoms with Crippen molar-refractivity contribution in [2.45, 2.75) is 25.4 Å². The highest BCUT2D eigenvalue weighted by Gasteiger charge is 2.17. The van der Waals surface area contributed by atoms with Crippen molar-refractivity contribution in [1.29, 1.82) is 0 Å². The summed E-state index contributed by atoms with van der Waals surface area (Å²) in [5.41, 5.74) is 5.85. The quantitative estimate of drug-likeness (QED) is 0.478. The highest BCUT2D eigenvalue weighted by Crippen LogP contribution is 1.96. The van der Waals surface area contributed by atoms with Gasteiger partial charge in [0.15, 0.2) is 0 Å². The van der Waals surface area contributed by atoms with Gasteiger partial charge in [-0.05, 0) is 6.42 Å². The lowest BCUT2D eigenvalue weighted by Gasteiger charge is -2.28. The maximum absolute atomic E-state index is 5.85. The summed E-state index contributed by atoms with van der Waals surface area (Å²) in [6.45, 7) is 5.28. The van der Waals surface area contributed by atoms with Gasteiger partial charge in [-0.25, -0.2) is 0 Å². The highest BCUT2D eigenvalue weighted by molar-refractivity contribution is 4.83. The first-order valence-electron chi connectivity index (χ1n) is 4.04. The van der Waals surface area contributed by atoms with Crippen LogP contribution in [0.2, 0.25) is 0 Å². The van der Waals surface area contributed by atoms with Crippen LogP contribution in [0.5, 0.6) is 0 Å². The van der Waals surface area contributed by atoms with Crippen LogP contribution < -0.4 is 16.4 Å². The van der Waals surface area contributed by atoms with E-state index in [-0.39, 0.29) is 0 Å². The van der Waals surface area contributed by atoms with E-state index in [0.717, 1.165) is 26.1 Å². The predicted octanol–water partition coefficient (Wildman–Crippen LogP) is -0.715. The third-order valence-electron chi connectivity index (χ3n) is 2.06.